The number of hydrogen-bond donors (Lipinski definition) is 2. The van der Waals surface area contributed by atoms with Crippen LogP contribution < -0.4 is 5.32 Å². The summed E-state index contributed by atoms with van der Waals surface area (Å²) in [6.07, 6.45) is 1.58. The van der Waals surface area contributed by atoms with Crippen LogP contribution in [0.25, 0.3) is 0 Å². The van der Waals surface area contributed by atoms with Gasteiger partial charge < -0.3 is 10.4 Å². The van der Waals surface area contributed by atoms with Gasteiger partial charge in [-0.2, -0.15) is 0 Å². The van der Waals surface area contributed by atoms with Crippen LogP contribution in [-0.4, -0.2) is 16.0 Å². The van der Waals surface area contributed by atoms with E-state index in [1.54, 1.807) is 24.4 Å². The van der Waals surface area contributed by atoms with Crippen LogP contribution in [0.4, 0.5) is 5.82 Å². The summed E-state index contributed by atoms with van der Waals surface area (Å²) in [6.45, 7) is 3.81. The lowest BCUT2D eigenvalue weighted by Crippen LogP contribution is -2.14. The van der Waals surface area contributed by atoms with Gasteiger partial charge in [0.15, 0.2) is 0 Å². The smallest absolute Gasteiger partial charge is 0.256 e. The lowest BCUT2D eigenvalue weighted by atomic mass is 10.1. The van der Waals surface area contributed by atoms with E-state index >= 15 is 0 Å². The van der Waals surface area contributed by atoms with E-state index in [4.69, 9.17) is 0 Å². The van der Waals surface area contributed by atoms with Crippen molar-refractivity contribution in [3.8, 4) is 0 Å². The molecule has 0 atom stereocenters. The van der Waals surface area contributed by atoms with Crippen LogP contribution in [0.5, 0.6) is 0 Å². The number of aliphatic hydroxyl groups excluding tert-OH is 1. The summed E-state index contributed by atoms with van der Waals surface area (Å²) in [5.74, 6) is 0.171. The fourth-order valence-corrected chi connectivity index (χ4v) is 1.74. The topological polar surface area (TPSA) is 62.2 Å². The van der Waals surface area contributed by atoms with Gasteiger partial charge in [-0.1, -0.05) is 12.1 Å². The van der Waals surface area contributed by atoms with E-state index in [9.17, 15) is 9.90 Å². The second kappa shape index (κ2) is 5.63. The van der Waals surface area contributed by atoms with Gasteiger partial charge >= 0.3 is 0 Å². The molecular formula is C15H16N2O2. The molecule has 0 fully saturated rings. The zero-order valence-electron chi connectivity index (χ0n) is 11.0. The van der Waals surface area contributed by atoms with Gasteiger partial charge in [-0.05, 0) is 43.2 Å². The van der Waals surface area contributed by atoms with E-state index in [0.717, 1.165) is 11.1 Å². The second-order valence-electron chi connectivity index (χ2n) is 4.42. The van der Waals surface area contributed by atoms with Crippen molar-refractivity contribution in [1.82, 2.24) is 4.98 Å². The zero-order valence-corrected chi connectivity index (χ0v) is 11.0. The number of aryl methyl sites for hydroxylation is 2. The molecule has 0 aliphatic carbocycles. The van der Waals surface area contributed by atoms with E-state index in [0.29, 0.717) is 16.9 Å². The fraction of sp³-hybridized carbons (Fsp3) is 0.200. The Morgan fingerprint density at radius 1 is 1.26 bits per heavy atom. The van der Waals surface area contributed by atoms with E-state index in [1.165, 1.54) is 0 Å². The number of rotatable bonds is 3. The van der Waals surface area contributed by atoms with Crippen LogP contribution in [0.1, 0.15) is 27.0 Å². The first-order valence-corrected chi connectivity index (χ1v) is 6.05. The summed E-state index contributed by atoms with van der Waals surface area (Å²) < 4.78 is 0. The molecule has 2 aromatic rings. The predicted octanol–water partition coefficient (Wildman–Crippen LogP) is 2.44. The second-order valence-corrected chi connectivity index (χ2v) is 4.42. The van der Waals surface area contributed by atoms with Crippen molar-refractivity contribution >= 4 is 11.7 Å². The van der Waals surface area contributed by atoms with Crippen LogP contribution >= 0.6 is 0 Å². The van der Waals surface area contributed by atoms with Gasteiger partial charge in [0.1, 0.15) is 5.82 Å². The number of amides is 1. The number of carbonyl (C=O) groups excluding carboxylic acids is 1. The van der Waals surface area contributed by atoms with Crippen molar-refractivity contribution in [3.63, 3.8) is 0 Å². The molecule has 0 saturated carbocycles. The van der Waals surface area contributed by atoms with Crippen LogP contribution in [0.2, 0.25) is 0 Å². The van der Waals surface area contributed by atoms with Crippen LogP contribution in [0.15, 0.2) is 36.5 Å². The molecule has 0 saturated heterocycles. The van der Waals surface area contributed by atoms with Gasteiger partial charge in [0, 0.05) is 17.3 Å². The fourth-order valence-electron chi connectivity index (χ4n) is 1.74. The predicted molar refractivity (Wildman–Crippen MR) is 74.0 cm³/mol. The summed E-state index contributed by atoms with van der Waals surface area (Å²) in [5.41, 5.74) is 3.39. The molecule has 0 aliphatic heterocycles. The lowest BCUT2D eigenvalue weighted by molar-refractivity contribution is 0.102. The van der Waals surface area contributed by atoms with Crippen molar-refractivity contribution in [2.24, 2.45) is 0 Å². The number of anilines is 1. The largest absolute Gasteiger partial charge is 0.392 e. The van der Waals surface area contributed by atoms with Crippen LogP contribution in [0, 0.1) is 13.8 Å². The highest BCUT2D eigenvalue weighted by molar-refractivity contribution is 6.04. The molecule has 1 aromatic heterocycles. The molecule has 1 aromatic carbocycles. The first-order chi connectivity index (χ1) is 9.11. The molecule has 0 bridgehead atoms. The molecule has 4 heteroatoms. The van der Waals surface area contributed by atoms with Crippen molar-refractivity contribution in [1.29, 1.82) is 0 Å². The number of nitrogens with one attached hydrogen (secondary N) is 1. The first-order valence-electron chi connectivity index (χ1n) is 6.05. The molecule has 4 nitrogen and oxygen atoms in total. The maximum atomic E-state index is 12.1. The van der Waals surface area contributed by atoms with E-state index in [2.05, 4.69) is 10.3 Å². The van der Waals surface area contributed by atoms with Crippen molar-refractivity contribution in [2.45, 2.75) is 20.5 Å². The quantitative estimate of drug-likeness (QED) is 0.886. The monoisotopic (exact) mass is 256 g/mol. The molecule has 0 radical (unpaired) electrons. The molecule has 2 rings (SSSR count). The Morgan fingerprint density at radius 2 is 2.05 bits per heavy atom. The summed E-state index contributed by atoms with van der Waals surface area (Å²) in [6, 6.07) is 8.97. The molecule has 0 aliphatic rings. The van der Waals surface area contributed by atoms with E-state index < -0.39 is 0 Å². The van der Waals surface area contributed by atoms with Gasteiger partial charge in [-0.3, -0.25) is 4.79 Å². The summed E-state index contributed by atoms with van der Waals surface area (Å²) in [4.78, 5) is 16.2. The molecular weight excluding hydrogens is 240 g/mol. The van der Waals surface area contributed by atoms with E-state index in [-0.39, 0.29) is 12.5 Å². The Morgan fingerprint density at radius 3 is 2.74 bits per heavy atom. The molecule has 19 heavy (non-hydrogen) atoms. The standard InChI is InChI=1S/C15H16N2O2/c1-10-5-6-12(8-11(10)2)15(19)17-14-13(9-18)4-3-7-16-14/h3-8,18H,9H2,1-2H3,(H,16,17,19). The minimum Gasteiger partial charge on any atom is -0.392 e. The maximum Gasteiger partial charge on any atom is 0.256 e. The van der Waals surface area contributed by atoms with E-state index in [1.807, 2.05) is 26.0 Å². The van der Waals surface area contributed by atoms with Gasteiger partial charge in [0.25, 0.3) is 5.91 Å². The Bertz CT molecular complexity index is 609. The molecule has 98 valence electrons. The third-order valence-electron chi connectivity index (χ3n) is 3.06. The molecule has 1 heterocycles. The Hall–Kier alpha value is -2.20. The number of aromatic nitrogens is 1. The molecule has 0 spiro atoms. The number of carbonyl (C=O) groups is 1. The number of pyridine rings is 1. The SMILES string of the molecule is Cc1ccc(C(=O)Nc2ncccc2CO)cc1C. The number of aliphatic hydroxyl groups is 1. The summed E-state index contributed by atoms with van der Waals surface area (Å²) in [7, 11) is 0. The summed E-state index contributed by atoms with van der Waals surface area (Å²) in [5, 5.41) is 11.9. The Balaban J connectivity index is 2.23. The highest BCUT2D eigenvalue weighted by Crippen LogP contribution is 2.14. The highest BCUT2D eigenvalue weighted by atomic mass is 16.3. The van der Waals surface area contributed by atoms with Crippen molar-refractivity contribution in [3.05, 3.63) is 58.8 Å². The molecule has 1 amide bonds. The van der Waals surface area contributed by atoms with Gasteiger partial charge in [-0.15, -0.1) is 0 Å². The minimum atomic E-state index is -0.225. The average molecular weight is 256 g/mol. The average Bonchev–Trinajstić information content (AvgIpc) is 2.42. The zero-order chi connectivity index (χ0) is 13.8. The van der Waals surface area contributed by atoms with Crippen LogP contribution in [-0.2, 0) is 6.61 Å². The van der Waals surface area contributed by atoms with Gasteiger partial charge in [-0.25, -0.2) is 4.98 Å². The molecule has 0 unspecified atom stereocenters. The third kappa shape index (κ3) is 2.98. The third-order valence-corrected chi connectivity index (χ3v) is 3.06. The highest BCUT2D eigenvalue weighted by Gasteiger charge is 2.10. The first kappa shape index (κ1) is 13.2. The lowest BCUT2D eigenvalue weighted by Gasteiger charge is -2.09. The Kier molecular flexibility index (Phi) is 3.92. The van der Waals surface area contributed by atoms with Crippen molar-refractivity contribution in [2.75, 3.05) is 5.32 Å². The number of hydrogen-bond acceptors (Lipinski definition) is 3. The van der Waals surface area contributed by atoms with Crippen LogP contribution in [0.3, 0.4) is 0 Å². The minimum absolute atomic E-state index is 0.156. The number of benzene rings is 1. The summed E-state index contributed by atoms with van der Waals surface area (Å²) >= 11 is 0. The van der Waals surface area contributed by atoms with Gasteiger partial charge in [0.2, 0.25) is 0 Å². The maximum absolute atomic E-state index is 12.1. The van der Waals surface area contributed by atoms with Crippen molar-refractivity contribution < 1.29 is 9.90 Å². The normalized spacial score (nSPS) is 10.3. The number of nitrogens with zero attached hydrogens (tertiary/aromatic N) is 1. The van der Waals surface area contributed by atoms with Gasteiger partial charge in [0.05, 0.1) is 6.61 Å². The molecule has 2 N–H and O–H groups in total. The Labute approximate surface area is 112 Å².